The first-order chi connectivity index (χ1) is 15.1. The van der Waals surface area contributed by atoms with Crippen molar-refractivity contribution >= 4 is 23.0 Å². The van der Waals surface area contributed by atoms with Crippen LogP contribution >= 0.6 is 12.2 Å². The Morgan fingerprint density at radius 2 is 1.74 bits per heavy atom. The van der Waals surface area contributed by atoms with Crippen molar-refractivity contribution in [1.82, 2.24) is 24.9 Å². The van der Waals surface area contributed by atoms with Crippen LogP contribution in [0.3, 0.4) is 0 Å². The smallest absolute Gasteiger partial charge is 0.170 e. The van der Waals surface area contributed by atoms with Gasteiger partial charge in [-0.05, 0) is 57.1 Å². The number of ether oxygens (including phenoxy) is 2. The van der Waals surface area contributed by atoms with Crippen molar-refractivity contribution in [3.63, 3.8) is 0 Å². The molecule has 31 heavy (non-hydrogen) atoms. The average Bonchev–Trinajstić information content (AvgIpc) is 3.39. The van der Waals surface area contributed by atoms with Crippen molar-refractivity contribution in [2.75, 3.05) is 25.1 Å². The summed E-state index contributed by atoms with van der Waals surface area (Å²) in [4.78, 5) is 0. The molecule has 0 amide bonds. The third-order valence-electron chi connectivity index (χ3n) is 4.55. The summed E-state index contributed by atoms with van der Waals surface area (Å²) in [5.74, 6) is 1.55. The summed E-state index contributed by atoms with van der Waals surface area (Å²) < 4.78 is 15.1. The third kappa shape index (κ3) is 6.71. The van der Waals surface area contributed by atoms with Crippen LogP contribution in [0.1, 0.15) is 31.9 Å². The van der Waals surface area contributed by atoms with E-state index in [4.69, 9.17) is 21.7 Å². The maximum Gasteiger partial charge on any atom is 0.170 e. The SMILES string of the molecule is CCOc1ccc(CCNC(=S)Nc2cnn(Cc3cnn(CC)c3)c2)cc1OCC. The fourth-order valence-corrected chi connectivity index (χ4v) is 3.33. The Morgan fingerprint density at radius 3 is 2.48 bits per heavy atom. The van der Waals surface area contributed by atoms with E-state index in [9.17, 15) is 0 Å². The molecule has 3 rings (SSSR count). The molecule has 8 nitrogen and oxygen atoms in total. The largest absolute Gasteiger partial charge is 0.490 e. The number of thiocarbonyl (C=S) groups is 1. The second-order valence-electron chi connectivity index (χ2n) is 6.91. The lowest BCUT2D eigenvalue weighted by molar-refractivity contribution is 0.287. The summed E-state index contributed by atoms with van der Waals surface area (Å²) >= 11 is 5.41. The predicted molar refractivity (Wildman–Crippen MR) is 126 cm³/mol. The van der Waals surface area contributed by atoms with Crippen molar-refractivity contribution in [2.45, 2.75) is 40.3 Å². The second-order valence-corrected chi connectivity index (χ2v) is 7.32. The Balaban J connectivity index is 1.46. The van der Waals surface area contributed by atoms with Crippen molar-refractivity contribution in [1.29, 1.82) is 0 Å². The van der Waals surface area contributed by atoms with E-state index < -0.39 is 0 Å². The van der Waals surface area contributed by atoms with Gasteiger partial charge in [0.15, 0.2) is 16.6 Å². The number of aryl methyl sites for hydroxylation is 1. The van der Waals surface area contributed by atoms with Gasteiger partial charge < -0.3 is 20.1 Å². The van der Waals surface area contributed by atoms with Gasteiger partial charge in [-0.15, -0.1) is 0 Å². The Labute approximate surface area is 188 Å². The number of anilines is 1. The van der Waals surface area contributed by atoms with Gasteiger partial charge in [-0.1, -0.05) is 6.07 Å². The Hall–Kier alpha value is -3.07. The molecule has 0 fully saturated rings. The highest BCUT2D eigenvalue weighted by Gasteiger charge is 2.07. The van der Waals surface area contributed by atoms with Crippen molar-refractivity contribution in [2.24, 2.45) is 0 Å². The van der Waals surface area contributed by atoms with E-state index in [2.05, 4.69) is 33.8 Å². The Kier molecular flexibility index (Phi) is 8.28. The minimum atomic E-state index is 0.564. The lowest BCUT2D eigenvalue weighted by Crippen LogP contribution is -2.30. The first-order valence-corrected chi connectivity index (χ1v) is 11.0. The molecule has 0 aliphatic heterocycles. The summed E-state index contributed by atoms with van der Waals surface area (Å²) in [5.41, 5.74) is 3.11. The van der Waals surface area contributed by atoms with Gasteiger partial charge in [-0.3, -0.25) is 9.36 Å². The van der Waals surface area contributed by atoms with Gasteiger partial charge in [0.25, 0.3) is 0 Å². The molecule has 3 aromatic rings. The minimum absolute atomic E-state index is 0.564. The van der Waals surface area contributed by atoms with E-state index in [0.717, 1.165) is 41.3 Å². The number of benzene rings is 1. The predicted octanol–water partition coefficient (Wildman–Crippen LogP) is 3.47. The van der Waals surface area contributed by atoms with Crippen LogP contribution in [0.2, 0.25) is 0 Å². The van der Waals surface area contributed by atoms with Gasteiger partial charge in [0.2, 0.25) is 0 Å². The zero-order valence-corrected chi connectivity index (χ0v) is 19.1. The molecular weight excluding hydrogens is 412 g/mol. The molecule has 0 atom stereocenters. The van der Waals surface area contributed by atoms with Crippen LogP contribution in [0.25, 0.3) is 0 Å². The summed E-state index contributed by atoms with van der Waals surface area (Å²) in [6.07, 6.45) is 8.40. The van der Waals surface area contributed by atoms with Crippen LogP contribution in [-0.4, -0.2) is 44.4 Å². The molecule has 2 heterocycles. The monoisotopic (exact) mass is 442 g/mol. The normalized spacial score (nSPS) is 10.7. The lowest BCUT2D eigenvalue weighted by Gasteiger charge is -2.13. The third-order valence-corrected chi connectivity index (χ3v) is 4.80. The van der Waals surface area contributed by atoms with Crippen LogP contribution in [0.5, 0.6) is 11.5 Å². The van der Waals surface area contributed by atoms with Crippen LogP contribution in [0, 0.1) is 0 Å². The van der Waals surface area contributed by atoms with Crippen LogP contribution in [0.15, 0.2) is 43.0 Å². The molecule has 0 saturated carbocycles. The van der Waals surface area contributed by atoms with E-state index in [1.807, 2.05) is 53.9 Å². The quantitative estimate of drug-likeness (QED) is 0.440. The Bertz CT molecular complexity index is 984. The zero-order valence-electron chi connectivity index (χ0n) is 18.3. The first kappa shape index (κ1) is 22.6. The van der Waals surface area contributed by atoms with E-state index in [0.29, 0.717) is 31.4 Å². The standard InChI is InChI=1S/C22H30N6O2S/c1-4-27-14-18(12-24-27)15-28-16-19(13-25-28)26-22(31)23-10-9-17-7-8-20(29-5-2)21(11-17)30-6-3/h7-8,11-14,16H,4-6,9-10,15H2,1-3H3,(H2,23,26,31). The second kappa shape index (κ2) is 11.4. The molecule has 0 bridgehead atoms. The van der Waals surface area contributed by atoms with Crippen LogP contribution in [0.4, 0.5) is 5.69 Å². The van der Waals surface area contributed by atoms with Gasteiger partial charge in [-0.2, -0.15) is 10.2 Å². The van der Waals surface area contributed by atoms with Crippen molar-refractivity contribution in [3.05, 3.63) is 54.1 Å². The van der Waals surface area contributed by atoms with Crippen molar-refractivity contribution in [3.8, 4) is 11.5 Å². The molecule has 2 aromatic heterocycles. The molecule has 0 aliphatic carbocycles. The van der Waals surface area contributed by atoms with Gasteiger partial charge >= 0.3 is 0 Å². The average molecular weight is 443 g/mol. The van der Waals surface area contributed by atoms with E-state index in [-0.39, 0.29) is 0 Å². The Morgan fingerprint density at radius 1 is 0.968 bits per heavy atom. The molecule has 0 saturated heterocycles. The topological polar surface area (TPSA) is 78.2 Å². The molecule has 0 aliphatic rings. The molecule has 2 N–H and O–H groups in total. The maximum atomic E-state index is 5.69. The highest BCUT2D eigenvalue weighted by molar-refractivity contribution is 7.80. The van der Waals surface area contributed by atoms with Gasteiger partial charge in [-0.25, -0.2) is 0 Å². The molecule has 1 aromatic carbocycles. The summed E-state index contributed by atoms with van der Waals surface area (Å²) in [5, 5.41) is 15.7. The molecule has 166 valence electrons. The summed E-state index contributed by atoms with van der Waals surface area (Å²) in [6, 6.07) is 6.03. The van der Waals surface area contributed by atoms with Gasteiger partial charge in [0.1, 0.15) is 0 Å². The number of hydrogen-bond acceptors (Lipinski definition) is 5. The minimum Gasteiger partial charge on any atom is -0.490 e. The first-order valence-electron chi connectivity index (χ1n) is 10.6. The molecular formula is C22H30N6O2S. The van der Waals surface area contributed by atoms with Crippen LogP contribution < -0.4 is 20.1 Å². The number of rotatable bonds is 11. The van der Waals surface area contributed by atoms with Crippen LogP contribution in [-0.2, 0) is 19.5 Å². The molecule has 0 unspecified atom stereocenters. The number of hydrogen-bond donors (Lipinski definition) is 2. The molecule has 0 radical (unpaired) electrons. The number of aromatic nitrogens is 4. The fraction of sp³-hybridized carbons (Fsp3) is 0.409. The van der Waals surface area contributed by atoms with Gasteiger partial charge in [0, 0.05) is 31.0 Å². The number of nitrogens with one attached hydrogen (secondary N) is 2. The van der Waals surface area contributed by atoms with E-state index >= 15 is 0 Å². The van der Waals surface area contributed by atoms with E-state index in [1.54, 1.807) is 6.20 Å². The lowest BCUT2D eigenvalue weighted by atomic mass is 10.1. The molecule has 9 heteroatoms. The van der Waals surface area contributed by atoms with Crippen molar-refractivity contribution < 1.29 is 9.47 Å². The maximum absolute atomic E-state index is 5.69. The highest BCUT2D eigenvalue weighted by atomic mass is 32.1. The summed E-state index contributed by atoms with van der Waals surface area (Å²) in [6.45, 7) is 9.44. The molecule has 0 spiro atoms. The van der Waals surface area contributed by atoms with E-state index in [1.165, 1.54) is 0 Å². The summed E-state index contributed by atoms with van der Waals surface area (Å²) in [7, 11) is 0. The zero-order chi connectivity index (χ0) is 22.1. The van der Waals surface area contributed by atoms with Gasteiger partial charge in [0.05, 0.1) is 37.8 Å². The number of nitrogens with zero attached hydrogens (tertiary/aromatic N) is 4. The highest BCUT2D eigenvalue weighted by Crippen LogP contribution is 2.28. The fourth-order valence-electron chi connectivity index (χ4n) is 3.11.